The van der Waals surface area contributed by atoms with Crippen molar-refractivity contribution in [1.82, 2.24) is 10.3 Å². The minimum atomic E-state index is -1.26. The monoisotopic (exact) mass is 555 g/mol. The van der Waals surface area contributed by atoms with Crippen LogP contribution in [0.25, 0.3) is 0 Å². The molecule has 0 bridgehead atoms. The fourth-order valence-electron chi connectivity index (χ4n) is 3.10. The summed E-state index contributed by atoms with van der Waals surface area (Å²) in [6, 6.07) is 9.29. The molecule has 0 unspecified atom stereocenters. The van der Waals surface area contributed by atoms with Crippen LogP contribution in [0.5, 0.6) is 0 Å². The number of nitrogens with zero attached hydrogens (tertiary/aromatic N) is 1. The van der Waals surface area contributed by atoms with Gasteiger partial charge in [0.1, 0.15) is 0 Å². The topological polar surface area (TPSA) is 155 Å². The van der Waals surface area contributed by atoms with Crippen LogP contribution < -0.4 is 11.1 Å². The van der Waals surface area contributed by atoms with E-state index in [2.05, 4.69) is 10.3 Å². The Balaban J connectivity index is 0.000000738. The summed E-state index contributed by atoms with van der Waals surface area (Å²) in [5.74, 6) is -2.51. The van der Waals surface area contributed by atoms with Crippen molar-refractivity contribution >= 4 is 40.8 Å². The number of nitrogens with two attached hydrogens (primary N) is 1. The van der Waals surface area contributed by atoms with Crippen LogP contribution >= 0.6 is 23.2 Å². The highest BCUT2D eigenvalue weighted by molar-refractivity contribution is 6.38. The van der Waals surface area contributed by atoms with E-state index in [4.69, 9.17) is 43.9 Å². The Morgan fingerprint density at radius 3 is 2.24 bits per heavy atom. The average molecular weight is 556 g/mol. The molecule has 1 atom stereocenters. The Labute approximate surface area is 227 Å². The van der Waals surface area contributed by atoms with Crippen molar-refractivity contribution in [3.63, 3.8) is 0 Å². The lowest BCUT2D eigenvalue weighted by molar-refractivity contribution is -0.134. The van der Waals surface area contributed by atoms with Gasteiger partial charge < -0.3 is 31.1 Å². The number of carbonyl (C=O) groups is 2. The molecule has 0 fully saturated rings. The molecule has 0 spiro atoms. The molecule has 1 aromatic heterocycles. The van der Waals surface area contributed by atoms with Crippen molar-refractivity contribution in [1.29, 1.82) is 0 Å². The van der Waals surface area contributed by atoms with E-state index in [0.717, 1.165) is 57.7 Å². The molecule has 0 aliphatic rings. The minimum Gasteiger partial charge on any atom is -0.478 e. The lowest BCUT2D eigenvalue weighted by Gasteiger charge is -2.13. The maximum atomic E-state index is 10.3. The van der Waals surface area contributed by atoms with Crippen molar-refractivity contribution in [3.05, 3.63) is 70.0 Å². The molecule has 204 valence electrons. The van der Waals surface area contributed by atoms with Gasteiger partial charge in [-0.25, -0.2) is 9.59 Å². The van der Waals surface area contributed by atoms with Gasteiger partial charge in [0.25, 0.3) is 0 Å². The molecular formula is C26H35Cl2N3O6. The van der Waals surface area contributed by atoms with Crippen molar-refractivity contribution in [2.45, 2.75) is 44.6 Å². The molecule has 1 aromatic carbocycles. The third-order valence-corrected chi connectivity index (χ3v) is 5.70. The zero-order valence-corrected chi connectivity index (χ0v) is 22.1. The van der Waals surface area contributed by atoms with Crippen molar-refractivity contribution in [3.8, 4) is 0 Å². The largest absolute Gasteiger partial charge is 0.478 e. The number of nitrogen functional groups attached to an aromatic ring is 1. The van der Waals surface area contributed by atoms with Crippen LogP contribution in [-0.2, 0) is 20.7 Å². The normalized spacial score (nSPS) is 11.6. The fourth-order valence-corrected chi connectivity index (χ4v) is 3.61. The number of ether oxygens (including phenoxy) is 1. The summed E-state index contributed by atoms with van der Waals surface area (Å²) < 4.78 is 5.67. The number of hydrogen-bond donors (Lipinski definition) is 5. The molecule has 11 heteroatoms. The number of benzene rings is 1. The van der Waals surface area contributed by atoms with Gasteiger partial charge in [0.2, 0.25) is 0 Å². The van der Waals surface area contributed by atoms with Crippen molar-refractivity contribution < 1.29 is 29.6 Å². The van der Waals surface area contributed by atoms with Gasteiger partial charge in [0, 0.05) is 37.1 Å². The Hall–Kier alpha value is -2.69. The highest BCUT2D eigenvalue weighted by Gasteiger charge is 2.12. The maximum Gasteiger partial charge on any atom is 0.328 e. The van der Waals surface area contributed by atoms with Crippen LogP contribution in [0.2, 0.25) is 10.0 Å². The van der Waals surface area contributed by atoms with Gasteiger partial charge in [-0.2, -0.15) is 0 Å². The summed E-state index contributed by atoms with van der Waals surface area (Å²) in [6.45, 7) is 3.21. The second kappa shape index (κ2) is 19.4. The highest BCUT2D eigenvalue weighted by atomic mass is 35.5. The summed E-state index contributed by atoms with van der Waals surface area (Å²) in [6.07, 6.45) is 8.31. The predicted molar refractivity (Wildman–Crippen MR) is 145 cm³/mol. The molecule has 0 aliphatic carbocycles. The fraction of sp³-hybridized carbons (Fsp3) is 0.423. The summed E-state index contributed by atoms with van der Waals surface area (Å²) in [5.41, 5.74) is 7.84. The molecule has 0 saturated heterocycles. The number of anilines is 1. The zero-order valence-electron chi connectivity index (χ0n) is 20.6. The summed E-state index contributed by atoms with van der Waals surface area (Å²) in [5, 5.41) is 30.0. The van der Waals surface area contributed by atoms with E-state index in [0.29, 0.717) is 39.9 Å². The Morgan fingerprint density at radius 1 is 1.00 bits per heavy atom. The quantitative estimate of drug-likeness (QED) is 0.114. The summed E-state index contributed by atoms with van der Waals surface area (Å²) >= 11 is 12.0. The Morgan fingerprint density at radius 2 is 1.65 bits per heavy atom. The lowest BCUT2D eigenvalue weighted by atomic mass is 10.1. The molecule has 0 amide bonds. The SMILES string of the molecule is Nc1c(Cl)cc([C@H](O)CCNCCCCCCOCCc2ccccn2)cc1Cl.O=C(O)/C=C/C(=O)O. The molecule has 2 aromatic rings. The third-order valence-electron chi connectivity index (χ3n) is 5.07. The molecule has 0 radical (unpaired) electrons. The number of nitrogens with one attached hydrogen (secondary N) is 1. The number of aliphatic carboxylic acids is 2. The molecule has 2 rings (SSSR count). The van der Waals surface area contributed by atoms with E-state index >= 15 is 0 Å². The zero-order chi connectivity index (χ0) is 27.5. The summed E-state index contributed by atoms with van der Waals surface area (Å²) in [7, 11) is 0. The first-order chi connectivity index (χ1) is 17.7. The van der Waals surface area contributed by atoms with E-state index in [9.17, 15) is 14.7 Å². The number of aliphatic hydroxyl groups is 1. The molecule has 37 heavy (non-hydrogen) atoms. The van der Waals surface area contributed by atoms with Crippen LogP contribution in [0.1, 0.15) is 49.5 Å². The van der Waals surface area contributed by atoms with Crippen molar-refractivity contribution in [2.24, 2.45) is 0 Å². The maximum absolute atomic E-state index is 10.3. The van der Waals surface area contributed by atoms with Crippen molar-refractivity contribution in [2.75, 3.05) is 32.0 Å². The lowest BCUT2D eigenvalue weighted by Crippen LogP contribution is -2.19. The Kier molecular flexibility index (Phi) is 17.0. The number of hydrogen-bond acceptors (Lipinski definition) is 7. The number of unbranched alkanes of at least 4 members (excludes halogenated alkanes) is 3. The van der Waals surface area contributed by atoms with E-state index < -0.39 is 18.0 Å². The van der Waals surface area contributed by atoms with Crippen LogP contribution in [-0.4, -0.2) is 58.5 Å². The first-order valence-corrected chi connectivity index (χ1v) is 12.7. The molecule has 9 nitrogen and oxygen atoms in total. The highest BCUT2D eigenvalue weighted by Crippen LogP contribution is 2.31. The number of carboxylic acid groups (broad SMARTS) is 2. The van der Waals surface area contributed by atoms with Crippen LogP contribution in [0.3, 0.4) is 0 Å². The minimum absolute atomic E-state index is 0.348. The summed E-state index contributed by atoms with van der Waals surface area (Å²) in [4.78, 5) is 23.4. The Bertz CT molecular complexity index is 937. The molecule has 0 aliphatic heterocycles. The number of carboxylic acids is 2. The second-order valence-corrected chi connectivity index (χ2v) is 8.87. The number of rotatable bonds is 16. The predicted octanol–water partition coefficient (Wildman–Crippen LogP) is 4.52. The molecule has 1 heterocycles. The van der Waals surface area contributed by atoms with E-state index in [1.165, 1.54) is 6.42 Å². The molecule has 6 N–H and O–H groups in total. The molecule has 0 saturated carbocycles. The third kappa shape index (κ3) is 15.9. The van der Waals surface area contributed by atoms with E-state index in [1.807, 2.05) is 24.4 Å². The smallest absolute Gasteiger partial charge is 0.328 e. The van der Waals surface area contributed by atoms with Crippen LogP contribution in [0.15, 0.2) is 48.7 Å². The average Bonchev–Trinajstić information content (AvgIpc) is 2.87. The second-order valence-electron chi connectivity index (χ2n) is 8.06. The molecular weight excluding hydrogens is 521 g/mol. The number of aromatic nitrogens is 1. The van der Waals surface area contributed by atoms with E-state index in [1.54, 1.807) is 12.1 Å². The van der Waals surface area contributed by atoms with Gasteiger partial charge in [-0.15, -0.1) is 0 Å². The van der Waals surface area contributed by atoms with Gasteiger partial charge in [0.05, 0.1) is 28.4 Å². The van der Waals surface area contributed by atoms with Gasteiger partial charge >= 0.3 is 11.9 Å². The van der Waals surface area contributed by atoms with Crippen LogP contribution in [0.4, 0.5) is 5.69 Å². The number of halogens is 2. The first-order valence-electron chi connectivity index (χ1n) is 12.0. The van der Waals surface area contributed by atoms with Gasteiger partial charge in [-0.3, -0.25) is 4.98 Å². The number of aliphatic hydroxyl groups excluding tert-OH is 1. The first kappa shape index (κ1) is 32.3. The number of pyridine rings is 1. The van der Waals surface area contributed by atoms with Gasteiger partial charge in [-0.05, 0) is 62.2 Å². The van der Waals surface area contributed by atoms with E-state index in [-0.39, 0.29) is 0 Å². The van der Waals surface area contributed by atoms with Gasteiger partial charge in [-0.1, -0.05) is 42.1 Å². The van der Waals surface area contributed by atoms with Gasteiger partial charge in [0.15, 0.2) is 0 Å². The standard InChI is InChI=1S/C22H31Cl2N3O2.C4H4O4/c23-19-15-17(16-20(24)22(19)25)21(28)8-12-26-10-4-1-2-6-13-29-14-9-18-7-3-5-11-27-18;5-3(6)1-2-4(7)8/h3,5,7,11,15-16,21,26,28H,1-2,4,6,8-10,12-14,25H2;1-2H,(H,5,6)(H,7,8)/b;2-1+/t21-;/m1./s1. The van der Waals surface area contributed by atoms with Crippen LogP contribution in [0, 0.1) is 0 Å².